The molecule has 0 spiro atoms. The van der Waals surface area contributed by atoms with Gasteiger partial charge in [-0.1, -0.05) is 72.8 Å². The lowest BCUT2D eigenvalue weighted by molar-refractivity contribution is 0.0923. The molecule has 0 radical (unpaired) electrons. The molecule has 5 aromatic rings. The topological polar surface area (TPSA) is 76.4 Å². The summed E-state index contributed by atoms with van der Waals surface area (Å²) < 4.78 is 7.89. The molecule has 186 valence electrons. The van der Waals surface area contributed by atoms with Crippen molar-refractivity contribution in [3.63, 3.8) is 0 Å². The number of aliphatic hydroxyl groups excluding tert-OH is 1. The number of para-hydroxylation sites is 2. The van der Waals surface area contributed by atoms with Gasteiger partial charge in [0.1, 0.15) is 24.3 Å². The van der Waals surface area contributed by atoms with Gasteiger partial charge in [-0.3, -0.25) is 4.79 Å². The van der Waals surface area contributed by atoms with Crippen molar-refractivity contribution in [1.29, 1.82) is 0 Å². The molecule has 0 bridgehead atoms. The highest BCUT2D eigenvalue weighted by Gasteiger charge is 2.15. The number of carbonyl (C=O) groups is 1. The van der Waals surface area contributed by atoms with Crippen molar-refractivity contribution < 1.29 is 14.6 Å². The van der Waals surface area contributed by atoms with Crippen molar-refractivity contribution in [1.82, 2.24) is 14.9 Å². The summed E-state index contributed by atoms with van der Waals surface area (Å²) in [6.45, 7) is 0.934. The van der Waals surface area contributed by atoms with Crippen LogP contribution in [-0.2, 0) is 13.0 Å². The number of aromatic nitrogens is 2. The minimum atomic E-state index is -0.732. The molecule has 0 saturated heterocycles. The number of carbonyl (C=O) groups excluding carboxylic acids is 1. The van der Waals surface area contributed by atoms with Gasteiger partial charge in [0.15, 0.2) is 0 Å². The van der Waals surface area contributed by atoms with Gasteiger partial charge in [0, 0.05) is 18.5 Å². The number of hydrogen-bond donors (Lipinski definition) is 2. The molecule has 1 aromatic heterocycles. The minimum Gasteiger partial charge on any atom is -0.491 e. The van der Waals surface area contributed by atoms with Crippen molar-refractivity contribution in [3.8, 4) is 16.9 Å². The van der Waals surface area contributed by atoms with Gasteiger partial charge in [0.25, 0.3) is 5.91 Å². The number of imidazole rings is 1. The number of rotatable bonds is 10. The molecule has 5 rings (SSSR count). The molecule has 6 heteroatoms. The summed E-state index contributed by atoms with van der Waals surface area (Å²) in [5.41, 5.74) is 4.69. The van der Waals surface area contributed by atoms with E-state index in [1.807, 2.05) is 89.5 Å². The van der Waals surface area contributed by atoms with Gasteiger partial charge in [-0.25, -0.2) is 4.98 Å². The van der Waals surface area contributed by atoms with Crippen LogP contribution in [0.25, 0.3) is 22.2 Å². The lowest BCUT2D eigenvalue weighted by Gasteiger charge is -2.16. The Morgan fingerprint density at radius 2 is 1.49 bits per heavy atom. The van der Waals surface area contributed by atoms with Gasteiger partial charge < -0.3 is 19.7 Å². The molecule has 6 nitrogen and oxygen atoms in total. The third-order valence-electron chi connectivity index (χ3n) is 6.20. The highest BCUT2D eigenvalue weighted by molar-refractivity contribution is 5.94. The van der Waals surface area contributed by atoms with Crippen LogP contribution in [0.1, 0.15) is 16.2 Å². The van der Waals surface area contributed by atoms with Crippen LogP contribution in [0.4, 0.5) is 0 Å². The molecule has 1 atom stereocenters. The van der Waals surface area contributed by atoms with Crippen molar-refractivity contribution in [3.05, 3.63) is 121 Å². The Morgan fingerprint density at radius 3 is 2.24 bits per heavy atom. The molecule has 1 amide bonds. The Balaban J connectivity index is 1.21. The van der Waals surface area contributed by atoms with Crippen LogP contribution in [0, 0.1) is 0 Å². The Labute approximate surface area is 216 Å². The highest BCUT2D eigenvalue weighted by Crippen LogP contribution is 2.22. The van der Waals surface area contributed by atoms with Crippen LogP contribution in [0.3, 0.4) is 0 Å². The maximum atomic E-state index is 12.4. The van der Waals surface area contributed by atoms with E-state index in [9.17, 15) is 9.90 Å². The highest BCUT2D eigenvalue weighted by atomic mass is 16.5. The van der Waals surface area contributed by atoms with Crippen LogP contribution >= 0.6 is 0 Å². The largest absolute Gasteiger partial charge is 0.491 e. The number of amides is 1. The third kappa shape index (κ3) is 6.05. The van der Waals surface area contributed by atoms with Crippen molar-refractivity contribution in [2.24, 2.45) is 0 Å². The van der Waals surface area contributed by atoms with E-state index < -0.39 is 6.10 Å². The quantitative estimate of drug-likeness (QED) is 0.284. The number of nitrogens with one attached hydrogen (secondary N) is 1. The van der Waals surface area contributed by atoms with E-state index in [2.05, 4.69) is 17.4 Å². The van der Waals surface area contributed by atoms with E-state index in [4.69, 9.17) is 9.72 Å². The van der Waals surface area contributed by atoms with Crippen molar-refractivity contribution >= 4 is 16.9 Å². The molecule has 37 heavy (non-hydrogen) atoms. The standard InChI is InChI=1S/C31H29N3O3/c35-26(22-37-27-17-15-24(16-18-27)23-9-3-1-4-10-23)21-34-29-14-8-7-13-28(29)33-30(34)19-20-32-31(36)25-11-5-2-6-12-25/h1-18,26,35H,19-22H2,(H,32,36). The molecular formula is C31H29N3O3. The SMILES string of the molecule is O=C(NCCc1nc2ccccc2n1CC(O)COc1ccc(-c2ccccc2)cc1)c1ccccc1. The second-order valence-electron chi connectivity index (χ2n) is 8.85. The number of aliphatic hydroxyl groups is 1. The molecule has 0 fully saturated rings. The summed E-state index contributed by atoms with van der Waals surface area (Å²) in [4.78, 5) is 17.1. The average molecular weight is 492 g/mol. The maximum Gasteiger partial charge on any atom is 0.251 e. The van der Waals surface area contributed by atoms with Gasteiger partial charge in [0.05, 0.1) is 17.6 Å². The van der Waals surface area contributed by atoms with Gasteiger partial charge in [0.2, 0.25) is 0 Å². The Morgan fingerprint density at radius 1 is 0.838 bits per heavy atom. The first kappa shape index (κ1) is 24.3. The fourth-order valence-electron chi connectivity index (χ4n) is 4.33. The minimum absolute atomic E-state index is 0.116. The van der Waals surface area contributed by atoms with Crippen molar-refractivity contribution in [2.45, 2.75) is 19.1 Å². The van der Waals surface area contributed by atoms with Gasteiger partial charge >= 0.3 is 0 Å². The fourth-order valence-corrected chi connectivity index (χ4v) is 4.33. The molecule has 1 heterocycles. The molecule has 0 aliphatic rings. The summed E-state index contributed by atoms with van der Waals surface area (Å²) in [7, 11) is 0. The molecule has 0 aliphatic carbocycles. The van der Waals surface area contributed by atoms with Crippen LogP contribution in [-0.4, -0.2) is 39.8 Å². The van der Waals surface area contributed by atoms with Gasteiger partial charge in [-0.15, -0.1) is 0 Å². The first-order valence-corrected chi connectivity index (χ1v) is 12.4. The number of benzene rings is 4. The second-order valence-corrected chi connectivity index (χ2v) is 8.85. The van der Waals surface area contributed by atoms with E-state index >= 15 is 0 Å². The van der Waals surface area contributed by atoms with Crippen LogP contribution < -0.4 is 10.1 Å². The van der Waals surface area contributed by atoms with Crippen molar-refractivity contribution in [2.75, 3.05) is 13.2 Å². The van der Waals surface area contributed by atoms with E-state index in [0.29, 0.717) is 30.8 Å². The van der Waals surface area contributed by atoms with E-state index in [1.54, 1.807) is 12.1 Å². The molecule has 0 aliphatic heterocycles. The van der Waals surface area contributed by atoms with E-state index in [0.717, 1.165) is 28.0 Å². The van der Waals surface area contributed by atoms with Gasteiger partial charge in [-0.2, -0.15) is 0 Å². The summed E-state index contributed by atoms with van der Waals surface area (Å²) in [5.74, 6) is 1.40. The van der Waals surface area contributed by atoms with Crippen LogP contribution in [0.15, 0.2) is 109 Å². The Bertz CT molecular complexity index is 1450. The van der Waals surface area contributed by atoms with E-state index in [1.165, 1.54) is 0 Å². The Hall–Kier alpha value is -4.42. The Kier molecular flexibility index (Phi) is 7.58. The predicted molar refractivity (Wildman–Crippen MR) is 146 cm³/mol. The summed E-state index contributed by atoms with van der Waals surface area (Å²) in [5, 5.41) is 13.8. The summed E-state index contributed by atoms with van der Waals surface area (Å²) >= 11 is 0. The zero-order valence-corrected chi connectivity index (χ0v) is 20.5. The number of fused-ring (bicyclic) bond motifs is 1. The molecular weight excluding hydrogens is 462 g/mol. The fraction of sp³-hybridized carbons (Fsp3) is 0.161. The number of ether oxygens (including phenoxy) is 1. The maximum absolute atomic E-state index is 12.4. The zero-order valence-electron chi connectivity index (χ0n) is 20.5. The molecule has 2 N–H and O–H groups in total. The lowest BCUT2D eigenvalue weighted by Crippen LogP contribution is -2.28. The summed E-state index contributed by atoms with van der Waals surface area (Å²) in [6.07, 6.45) is -0.189. The molecule has 1 unspecified atom stereocenters. The van der Waals surface area contributed by atoms with Crippen LogP contribution in [0.5, 0.6) is 5.75 Å². The lowest BCUT2D eigenvalue weighted by atomic mass is 10.1. The normalized spacial score (nSPS) is 11.8. The average Bonchev–Trinajstić information content (AvgIpc) is 3.30. The third-order valence-corrected chi connectivity index (χ3v) is 6.20. The smallest absolute Gasteiger partial charge is 0.251 e. The molecule has 0 saturated carbocycles. The number of hydrogen-bond acceptors (Lipinski definition) is 4. The number of nitrogens with zero attached hydrogens (tertiary/aromatic N) is 2. The monoisotopic (exact) mass is 491 g/mol. The molecule has 4 aromatic carbocycles. The second kappa shape index (κ2) is 11.5. The first-order valence-electron chi connectivity index (χ1n) is 12.4. The van der Waals surface area contributed by atoms with Gasteiger partial charge in [-0.05, 0) is 47.5 Å². The zero-order chi connectivity index (χ0) is 25.5. The van der Waals surface area contributed by atoms with Crippen LogP contribution in [0.2, 0.25) is 0 Å². The van der Waals surface area contributed by atoms with E-state index in [-0.39, 0.29) is 12.5 Å². The first-order chi connectivity index (χ1) is 18.2. The predicted octanol–water partition coefficient (Wildman–Crippen LogP) is 5.12. The summed E-state index contributed by atoms with van der Waals surface area (Å²) in [6, 6.07) is 35.0.